The van der Waals surface area contributed by atoms with Gasteiger partial charge in [-0.1, -0.05) is 13.8 Å². The molecule has 1 unspecified atom stereocenters. The van der Waals surface area contributed by atoms with Crippen LogP contribution in [0.3, 0.4) is 0 Å². The summed E-state index contributed by atoms with van der Waals surface area (Å²) in [4.78, 5) is 16.6. The zero-order valence-electron chi connectivity index (χ0n) is 12.2. The van der Waals surface area contributed by atoms with Crippen LogP contribution in [0.1, 0.15) is 35.6 Å². The van der Waals surface area contributed by atoms with Crippen molar-refractivity contribution < 1.29 is 9.90 Å². The maximum Gasteiger partial charge on any atom is 0.311 e. The fourth-order valence-electron chi connectivity index (χ4n) is 3.02. The van der Waals surface area contributed by atoms with E-state index in [4.69, 9.17) is 0 Å². The smallest absolute Gasteiger partial charge is 0.311 e. The van der Waals surface area contributed by atoms with Crippen LogP contribution >= 0.6 is 11.3 Å². The van der Waals surface area contributed by atoms with Gasteiger partial charge in [-0.15, -0.1) is 11.3 Å². The molecule has 1 saturated heterocycles. The molecule has 1 aliphatic heterocycles. The van der Waals surface area contributed by atoms with Gasteiger partial charge in [-0.25, -0.2) is 0 Å². The Labute approximate surface area is 119 Å². The van der Waals surface area contributed by atoms with E-state index in [-0.39, 0.29) is 5.92 Å². The topological polar surface area (TPSA) is 40.5 Å². The SMILES string of the molecule is Cc1cc(CN2CCC(C(=O)O)(C(C)C)C2)c(C)s1. The molecule has 0 spiro atoms. The summed E-state index contributed by atoms with van der Waals surface area (Å²) in [5.74, 6) is -0.455. The van der Waals surface area contributed by atoms with Crippen LogP contribution in [0.5, 0.6) is 0 Å². The van der Waals surface area contributed by atoms with E-state index >= 15 is 0 Å². The van der Waals surface area contributed by atoms with E-state index < -0.39 is 11.4 Å². The second kappa shape index (κ2) is 5.25. The molecule has 0 aliphatic carbocycles. The quantitative estimate of drug-likeness (QED) is 0.920. The van der Waals surface area contributed by atoms with E-state index in [1.807, 2.05) is 25.2 Å². The van der Waals surface area contributed by atoms with E-state index in [1.165, 1.54) is 15.3 Å². The molecule has 0 radical (unpaired) electrons. The average molecular weight is 281 g/mol. The molecule has 19 heavy (non-hydrogen) atoms. The van der Waals surface area contributed by atoms with E-state index in [0.717, 1.165) is 19.5 Å². The lowest BCUT2D eigenvalue weighted by molar-refractivity contribution is -0.151. The molecule has 3 nitrogen and oxygen atoms in total. The minimum Gasteiger partial charge on any atom is -0.481 e. The zero-order valence-corrected chi connectivity index (χ0v) is 13.0. The van der Waals surface area contributed by atoms with Crippen LogP contribution in [-0.4, -0.2) is 29.1 Å². The Morgan fingerprint density at radius 2 is 2.21 bits per heavy atom. The highest BCUT2D eigenvalue weighted by molar-refractivity contribution is 7.12. The summed E-state index contributed by atoms with van der Waals surface area (Å²) in [6.45, 7) is 10.8. The summed E-state index contributed by atoms with van der Waals surface area (Å²) >= 11 is 1.82. The van der Waals surface area contributed by atoms with Crippen LogP contribution in [0.25, 0.3) is 0 Å². The highest BCUT2D eigenvalue weighted by Crippen LogP contribution is 2.39. The van der Waals surface area contributed by atoms with Crippen molar-refractivity contribution in [1.82, 2.24) is 4.90 Å². The van der Waals surface area contributed by atoms with Crippen molar-refractivity contribution in [2.75, 3.05) is 13.1 Å². The number of aryl methyl sites for hydroxylation is 2. The van der Waals surface area contributed by atoms with E-state index in [0.29, 0.717) is 6.54 Å². The van der Waals surface area contributed by atoms with Gasteiger partial charge in [0.15, 0.2) is 0 Å². The maximum atomic E-state index is 11.6. The van der Waals surface area contributed by atoms with Gasteiger partial charge in [-0.2, -0.15) is 0 Å². The molecular formula is C15H23NO2S. The van der Waals surface area contributed by atoms with Crippen molar-refractivity contribution in [2.24, 2.45) is 11.3 Å². The molecule has 1 atom stereocenters. The average Bonchev–Trinajstić information content (AvgIpc) is 2.85. The lowest BCUT2D eigenvalue weighted by atomic mass is 9.76. The summed E-state index contributed by atoms with van der Waals surface area (Å²) < 4.78 is 0. The van der Waals surface area contributed by atoms with E-state index in [1.54, 1.807) is 0 Å². The van der Waals surface area contributed by atoms with Gasteiger partial charge in [0.25, 0.3) is 0 Å². The predicted molar refractivity (Wildman–Crippen MR) is 78.6 cm³/mol. The third-order valence-electron chi connectivity index (χ3n) is 4.45. The molecule has 2 heterocycles. The molecule has 0 saturated carbocycles. The molecule has 0 aromatic carbocycles. The van der Waals surface area contributed by atoms with Crippen LogP contribution in [0.4, 0.5) is 0 Å². The van der Waals surface area contributed by atoms with E-state index in [9.17, 15) is 9.90 Å². The third-order valence-corrected chi connectivity index (χ3v) is 5.46. The molecular weight excluding hydrogens is 258 g/mol. The van der Waals surface area contributed by atoms with Gasteiger partial charge in [-0.05, 0) is 44.4 Å². The largest absolute Gasteiger partial charge is 0.481 e. The maximum absolute atomic E-state index is 11.6. The Hall–Kier alpha value is -0.870. The molecule has 0 bridgehead atoms. The summed E-state index contributed by atoms with van der Waals surface area (Å²) in [6, 6.07) is 2.23. The molecule has 1 fully saturated rings. The van der Waals surface area contributed by atoms with Crippen LogP contribution in [0.15, 0.2) is 6.07 Å². The fraction of sp³-hybridized carbons (Fsp3) is 0.667. The number of rotatable bonds is 4. The normalized spacial score (nSPS) is 24.3. The summed E-state index contributed by atoms with van der Waals surface area (Å²) in [6.07, 6.45) is 0.766. The van der Waals surface area contributed by atoms with Gasteiger partial charge in [0.05, 0.1) is 5.41 Å². The molecule has 106 valence electrons. The van der Waals surface area contributed by atoms with Crippen molar-refractivity contribution in [3.8, 4) is 0 Å². The van der Waals surface area contributed by atoms with Crippen molar-refractivity contribution in [3.63, 3.8) is 0 Å². The van der Waals surface area contributed by atoms with Crippen molar-refractivity contribution in [1.29, 1.82) is 0 Å². The standard InChI is InChI=1S/C15H23NO2S/c1-10(2)15(14(17)18)5-6-16(9-15)8-13-7-11(3)19-12(13)4/h7,10H,5-6,8-9H2,1-4H3,(H,17,18). The molecule has 0 amide bonds. The second-order valence-electron chi connectivity index (χ2n) is 6.02. The van der Waals surface area contributed by atoms with Crippen molar-refractivity contribution in [3.05, 3.63) is 21.4 Å². The van der Waals surface area contributed by atoms with Crippen LogP contribution in [-0.2, 0) is 11.3 Å². The molecule has 1 aromatic rings. The number of carbonyl (C=O) groups is 1. The molecule has 1 aromatic heterocycles. The first-order valence-corrected chi connectivity index (χ1v) is 7.68. The lowest BCUT2D eigenvalue weighted by Crippen LogP contribution is -2.39. The number of likely N-dealkylation sites (tertiary alicyclic amines) is 1. The first kappa shape index (κ1) is 14.5. The van der Waals surface area contributed by atoms with Crippen LogP contribution in [0, 0.1) is 25.2 Å². The highest BCUT2D eigenvalue weighted by Gasteiger charge is 2.47. The number of thiophene rings is 1. The Kier molecular flexibility index (Phi) is 4.02. The Morgan fingerprint density at radius 1 is 1.53 bits per heavy atom. The van der Waals surface area contributed by atoms with Gasteiger partial charge in [0, 0.05) is 22.8 Å². The number of aliphatic carboxylic acids is 1. The summed E-state index contributed by atoms with van der Waals surface area (Å²) in [5, 5.41) is 9.55. The monoisotopic (exact) mass is 281 g/mol. The first-order chi connectivity index (χ1) is 8.85. The van der Waals surface area contributed by atoms with Crippen LogP contribution in [0.2, 0.25) is 0 Å². The minimum atomic E-state index is -0.636. The van der Waals surface area contributed by atoms with Gasteiger partial charge >= 0.3 is 5.97 Å². The van der Waals surface area contributed by atoms with E-state index in [2.05, 4.69) is 24.8 Å². The van der Waals surface area contributed by atoms with Crippen molar-refractivity contribution in [2.45, 2.75) is 40.7 Å². The molecule has 1 N–H and O–H groups in total. The zero-order chi connectivity index (χ0) is 14.2. The molecule has 1 aliphatic rings. The number of carboxylic acid groups (broad SMARTS) is 1. The molecule has 2 rings (SSSR count). The fourth-order valence-corrected chi connectivity index (χ4v) is 3.96. The minimum absolute atomic E-state index is 0.181. The van der Waals surface area contributed by atoms with Gasteiger partial charge in [0.2, 0.25) is 0 Å². The summed E-state index contributed by atoms with van der Waals surface area (Å²) in [5.41, 5.74) is 0.798. The Bertz CT molecular complexity index is 480. The summed E-state index contributed by atoms with van der Waals surface area (Å²) in [7, 11) is 0. The van der Waals surface area contributed by atoms with Crippen molar-refractivity contribution >= 4 is 17.3 Å². The predicted octanol–water partition coefficient (Wildman–Crippen LogP) is 3.30. The number of hydrogen-bond acceptors (Lipinski definition) is 3. The molecule has 4 heteroatoms. The second-order valence-corrected chi connectivity index (χ2v) is 7.48. The highest BCUT2D eigenvalue weighted by atomic mass is 32.1. The Balaban J connectivity index is 2.10. The number of carboxylic acids is 1. The first-order valence-electron chi connectivity index (χ1n) is 6.87. The third kappa shape index (κ3) is 2.70. The lowest BCUT2D eigenvalue weighted by Gasteiger charge is -2.28. The van der Waals surface area contributed by atoms with Crippen LogP contribution < -0.4 is 0 Å². The van der Waals surface area contributed by atoms with Gasteiger partial charge in [-0.3, -0.25) is 9.69 Å². The van der Waals surface area contributed by atoms with Gasteiger partial charge < -0.3 is 5.11 Å². The Morgan fingerprint density at radius 3 is 2.63 bits per heavy atom. The number of hydrogen-bond donors (Lipinski definition) is 1. The van der Waals surface area contributed by atoms with Gasteiger partial charge in [0.1, 0.15) is 0 Å². The number of nitrogens with zero attached hydrogens (tertiary/aromatic N) is 1.